The minimum atomic E-state index is -0.160. The molecule has 0 aromatic rings. The minimum Gasteiger partial charge on any atom is -0.403 e. The molecule has 26 heavy (non-hydrogen) atoms. The Balaban J connectivity index is 0.000000195. The molecule has 3 unspecified atom stereocenters. The van der Waals surface area contributed by atoms with Crippen molar-refractivity contribution in [3.8, 4) is 0 Å². The molecule has 0 N–H and O–H groups in total. The molecule has 0 spiro atoms. The van der Waals surface area contributed by atoms with Gasteiger partial charge in [0.05, 0.1) is 22.4 Å². The third kappa shape index (κ3) is 3.00. The van der Waals surface area contributed by atoms with Crippen molar-refractivity contribution in [1.29, 1.82) is 0 Å². The molecule has 3 saturated carbocycles. The van der Waals surface area contributed by atoms with Crippen LogP contribution in [0.2, 0.25) is 13.6 Å². The van der Waals surface area contributed by atoms with Crippen LogP contribution < -0.4 is 0 Å². The summed E-state index contributed by atoms with van der Waals surface area (Å²) in [6.45, 7) is 21.4. The summed E-state index contributed by atoms with van der Waals surface area (Å²) in [5, 5.41) is 0. The lowest BCUT2D eigenvalue weighted by Gasteiger charge is -2.67. The largest absolute Gasteiger partial charge is 0.454 e. The SMILES string of the molecule is C.CB1OC(C)(C)C(C)(C)O1.CB1OC2(C)CC3C[C@@H](C3(C)C)C2(C)O1. The van der Waals surface area contributed by atoms with Crippen LogP contribution in [0.25, 0.3) is 0 Å². The highest BCUT2D eigenvalue weighted by Gasteiger charge is 2.72. The Morgan fingerprint density at radius 1 is 0.731 bits per heavy atom. The lowest BCUT2D eigenvalue weighted by Crippen LogP contribution is -2.70. The normalized spacial score (nSPS) is 43.6. The van der Waals surface area contributed by atoms with Crippen LogP contribution in [0.1, 0.15) is 75.7 Å². The van der Waals surface area contributed by atoms with Crippen molar-refractivity contribution in [2.75, 3.05) is 0 Å². The van der Waals surface area contributed by atoms with Gasteiger partial charge in [0.1, 0.15) is 0 Å². The maximum absolute atomic E-state index is 6.12. The highest BCUT2D eigenvalue weighted by molar-refractivity contribution is 6.44. The van der Waals surface area contributed by atoms with Crippen LogP contribution in [0.4, 0.5) is 0 Å². The first-order valence-corrected chi connectivity index (χ1v) is 9.86. The van der Waals surface area contributed by atoms with Crippen LogP contribution in [0.15, 0.2) is 0 Å². The standard InChI is InChI=1S/C12H21BO2.C7H15BO2.CH4/c1-10(2)8-6-9(10)12(4)11(3,7-8)14-13(5)15-12;1-6(2)7(3,4)10-8(5)9-6;/h8-9H,6-7H2,1-5H3;1-5H3;1H4/t8?,9-,11?,12?;;/m0../s1. The van der Waals surface area contributed by atoms with Gasteiger partial charge in [-0.2, -0.15) is 0 Å². The summed E-state index contributed by atoms with van der Waals surface area (Å²) in [7, 11) is -0.0971. The van der Waals surface area contributed by atoms with E-state index in [9.17, 15) is 0 Å². The van der Waals surface area contributed by atoms with Crippen LogP contribution >= 0.6 is 0 Å². The van der Waals surface area contributed by atoms with E-state index in [4.69, 9.17) is 18.6 Å². The molecule has 4 atom stereocenters. The van der Waals surface area contributed by atoms with Crippen LogP contribution in [0.5, 0.6) is 0 Å². The van der Waals surface area contributed by atoms with Crippen LogP contribution in [-0.4, -0.2) is 36.6 Å². The van der Waals surface area contributed by atoms with Crippen molar-refractivity contribution in [2.24, 2.45) is 17.3 Å². The van der Waals surface area contributed by atoms with Gasteiger partial charge in [-0.05, 0) is 85.3 Å². The molecule has 2 aliphatic heterocycles. The van der Waals surface area contributed by atoms with E-state index in [1.807, 2.05) is 13.6 Å². The zero-order chi connectivity index (χ0) is 19.1. The second kappa shape index (κ2) is 6.23. The number of rotatable bonds is 0. The topological polar surface area (TPSA) is 36.9 Å². The van der Waals surface area contributed by atoms with E-state index < -0.39 is 0 Å². The quantitative estimate of drug-likeness (QED) is 0.561. The van der Waals surface area contributed by atoms with Gasteiger partial charge in [-0.1, -0.05) is 21.3 Å². The zero-order valence-corrected chi connectivity index (χ0v) is 17.9. The summed E-state index contributed by atoms with van der Waals surface area (Å²) in [6.07, 6.45) is 2.49. The zero-order valence-electron chi connectivity index (χ0n) is 17.9. The van der Waals surface area contributed by atoms with E-state index in [2.05, 4.69) is 55.4 Å². The van der Waals surface area contributed by atoms with Gasteiger partial charge in [-0.25, -0.2) is 0 Å². The number of hydrogen-bond acceptors (Lipinski definition) is 4. The van der Waals surface area contributed by atoms with Crippen molar-refractivity contribution in [1.82, 2.24) is 0 Å². The molecule has 4 nitrogen and oxygen atoms in total. The van der Waals surface area contributed by atoms with Crippen molar-refractivity contribution in [3.63, 3.8) is 0 Å². The molecule has 2 saturated heterocycles. The summed E-state index contributed by atoms with van der Waals surface area (Å²) >= 11 is 0. The molecule has 0 amide bonds. The first-order chi connectivity index (χ1) is 11.1. The van der Waals surface area contributed by atoms with Crippen molar-refractivity contribution < 1.29 is 18.6 Å². The van der Waals surface area contributed by atoms with Gasteiger partial charge >= 0.3 is 14.2 Å². The van der Waals surface area contributed by atoms with Gasteiger partial charge in [0.2, 0.25) is 0 Å². The minimum absolute atomic E-state index is 0. The Morgan fingerprint density at radius 2 is 1.19 bits per heavy atom. The predicted molar refractivity (Wildman–Crippen MR) is 109 cm³/mol. The van der Waals surface area contributed by atoms with Gasteiger partial charge in [-0.15, -0.1) is 0 Å². The van der Waals surface area contributed by atoms with Gasteiger partial charge in [0, 0.05) is 0 Å². The van der Waals surface area contributed by atoms with E-state index in [0.717, 1.165) is 12.3 Å². The van der Waals surface area contributed by atoms with Crippen LogP contribution in [0, 0.1) is 17.3 Å². The first-order valence-electron chi connectivity index (χ1n) is 9.86. The Bertz CT molecular complexity index is 534. The van der Waals surface area contributed by atoms with E-state index in [1.165, 1.54) is 6.42 Å². The fourth-order valence-electron chi connectivity index (χ4n) is 5.58. The highest BCUT2D eigenvalue weighted by Crippen LogP contribution is 2.69. The van der Waals surface area contributed by atoms with Crippen LogP contribution in [-0.2, 0) is 18.6 Å². The summed E-state index contributed by atoms with van der Waals surface area (Å²) in [5.41, 5.74) is 0.0146. The molecule has 5 fully saturated rings. The molecule has 0 aromatic carbocycles. The molecular formula is C20H40B2O4. The van der Waals surface area contributed by atoms with E-state index >= 15 is 0 Å². The molecular weight excluding hydrogens is 326 g/mol. The van der Waals surface area contributed by atoms with Crippen LogP contribution in [0.3, 0.4) is 0 Å². The highest BCUT2D eigenvalue weighted by atomic mass is 16.7. The lowest BCUT2D eigenvalue weighted by molar-refractivity contribution is -0.234. The maximum atomic E-state index is 6.12. The molecule has 2 heterocycles. The molecule has 150 valence electrons. The lowest BCUT2D eigenvalue weighted by atomic mass is 9.41. The van der Waals surface area contributed by atoms with E-state index in [0.29, 0.717) is 11.3 Å². The van der Waals surface area contributed by atoms with Gasteiger partial charge < -0.3 is 18.6 Å². The smallest absolute Gasteiger partial charge is 0.403 e. The Morgan fingerprint density at radius 3 is 1.58 bits per heavy atom. The van der Waals surface area contributed by atoms with Crippen molar-refractivity contribution in [3.05, 3.63) is 0 Å². The molecule has 6 heteroatoms. The van der Waals surface area contributed by atoms with Gasteiger partial charge in [0.15, 0.2) is 0 Å². The van der Waals surface area contributed by atoms with Crippen molar-refractivity contribution >= 4 is 14.2 Å². The Labute approximate surface area is 162 Å². The molecule has 0 aromatic heterocycles. The summed E-state index contributed by atoms with van der Waals surface area (Å²) in [4.78, 5) is 0. The monoisotopic (exact) mass is 366 g/mol. The molecule has 3 aliphatic carbocycles. The summed E-state index contributed by atoms with van der Waals surface area (Å²) < 4.78 is 23.2. The van der Waals surface area contributed by atoms with Gasteiger partial charge in [0.25, 0.3) is 0 Å². The second-order valence-electron chi connectivity index (χ2n) is 10.5. The predicted octanol–water partition coefficient (Wildman–Crippen LogP) is 5.08. The second-order valence-corrected chi connectivity index (χ2v) is 10.5. The Hall–Kier alpha value is -0.0301. The third-order valence-electron chi connectivity index (χ3n) is 8.03. The third-order valence-corrected chi connectivity index (χ3v) is 8.03. The average Bonchev–Trinajstić information content (AvgIpc) is 2.75. The van der Waals surface area contributed by atoms with Crippen molar-refractivity contribution in [2.45, 2.75) is 112 Å². The summed E-state index contributed by atoms with van der Waals surface area (Å²) in [5.74, 6) is 1.49. The Kier molecular flexibility index (Phi) is 5.34. The molecule has 5 rings (SSSR count). The van der Waals surface area contributed by atoms with Gasteiger partial charge in [-0.3, -0.25) is 0 Å². The fourth-order valence-corrected chi connectivity index (χ4v) is 5.58. The summed E-state index contributed by atoms with van der Waals surface area (Å²) in [6, 6.07) is 0. The molecule has 2 bridgehead atoms. The number of hydrogen-bond donors (Lipinski definition) is 0. The van der Waals surface area contributed by atoms with E-state index in [-0.39, 0.29) is 44.1 Å². The molecule has 5 aliphatic rings. The fraction of sp³-hybridized carbons (Fsp3) is 1.00. The first kappa shape index (κ1) is 22.3. The maximum Gasteiger partial charge on any atom is 0.454 e. The average molecular weight is 366 g/mol. The molecule has 0 radical (unpaired) electrons. The van der Waals surface area contributed by atoms with E-state index in [1.54, 1.807) is 0 Å².